The highest BCUT2D eigenvalue weighted by atomic mass is 19.1. The van der Waals surface area contributed by atoms with Crippen molar-refractivity contribution in [3.05, 3.63) is 35.6 Å². The lowest BCUT2D eigenvalue weighted by molar-refractivity contribution is 0.0946. The molecular weight excluding hydrogens is 221 g/mol. The summed E-state index contributed by atoms with van der Waals surface area (Å²) in [6.45, 7) is 2.54. The van der Waals surface area contributed by atoms with E-state index in [1.807, 2.05) is 18.9 Å². The van der Waals surface area contributed by atoms with E-state index in [2.05, 4.69) is 0 Å². The highest BCUT2D eigenvalue weighted by Crippen LogP contribution is 2.07. The number of Topliss-reactive ketones (excluding diaryl/α,β-unsaturated/α-hetero) is 1. The number of aliphatic hydroxyl groups excluding tert-OH is 1. The number of carbonyl (C=O) groups excluding carboxylic acids is 1. The van der Waals surface area contributed by atoms with Gasteiger partial charge in [0.25, 0.3) is 0 Å². The first-order chi connectivity index (χ1) is 8.04. The van der Waals surface area contributed by atoms with Crippen LogP contribution in [0.3, 0.4) is 0 Å². The van der Waals surface area contributed by atoms with Crippen LogP contribution in [0.15, 0.2) is 24.3 Å². The number of hydrogen-bond donors (Lipinski definition) is 1. The molecule has 1 aromatic carbocycles. The Hall–Kier alpha value is -1.26. The molecule has 17 heavy (non-hydrogen) atoms. The molecule has 0 aliphatic rings. The fourth-order valence-corrected chi connectivity index (χ4v) is 1.42. The number of carbonyl (C=O) groups is 1. The highest BCUT2D eigenvalue weighted by molar-refractivity contribution is 5.96. The van der Waals surface area contributed by atoms with E-state index in [-0.39, 0.29) is 24.2 Å². The van der Waals surface area contributed by atoms with Gasteiger partial charge in [0.1, 0.15) is 5.82 Å². The van der Waals surface area contributed by atoms with Gasteiger partial charge >= 0.3 is 0 Å². The molecule has 94 valence electrons. The summed E-state index contributed by atoms with van der Waals surface area (Å²) in [5.41, 5.74) is 0.524. The van der Waals surface area contributed by atoms with Gasteiger partial charge in [-0.1, -0.05) is 0 Å². The molecule has 1 aromatic rings. The van der Waals surface area contributed by atoms with Crippen LogP contribution in [0.5, 0.6) is 0 Å². The molecule has 1 unspecified atom stereocenters. The third-order valence-corrected chi connectivity index (χ3v) is 2.87. The Morgan fingerprint density at radius 1 is 1.41 bits per heavy atom. The molecule has 0 bridgehead atoms. The maximum atomic E-state index is 12.7. The predicted octanol–water partition coefficient (Wildman–Crippen LogP) is 1.71. The highest BCUT2D eigenvalue weighted by Gasteiger charge is 2.11. The lowest BCUT2D eigenvalue weighted by Gasteiger charge is -2.22. The quantitative estimate of drug-likeness (QED) is 0.768. The van der Waals surface area contributed by atoms with Crippen molar-refractivity contribution in [1.82, 2.24) is 4.90 Å². The summed E-state index contributed by atoms with van der Waals surface area (Å²) in [6, 6.07) is 5.59. The first kappa shape index (κ1) is 13.8. The van der Waals surface area contributed by atoms with Crippen LogP contribution in [0.25, 0.3) is 0 Å². The maximum absolute atomic E-state index is 12.7. The molecule has 0 aliphatic heterocycles. The zero-order valence-electron chi connectivity index (χ0n) is 10.2. The minimum Gasteiger partial charge on any atom is -0.395 e. The van der Waals surface area contributed by atoms with Gasteiger partial charge in [-0.25, -0.2) is 4.39 Å². The number of aliphatic hydroxyl groups is 1. The second-order valence-electron chi connectivity index (χ2n) is 4.19. The van der Waals surface area contributed by atoms with Crippen LogP contribution in [-0.2, 0) is 0 Å². The van der Waals surface area contributed by atoms with E-state index < -0.39 is 0 Å². The van der Waals surface area contributed by atoms with Crippen molar-refractivity contribution in [2.45, 2.75) is 19.4 Å². The molecule has 0 saturated carbocycles. The normalized spacial score (nSPS) is 12.8. The third kappa shape index (κ3) is 4.24. The molecule has 1 atom stereocenters. The Kier molecular flexibility index (Phi) is 5.25. The van der Waals surface area contributed by atoms with E-state index >= 15 is 0 Å². The molecule has 1 N–H and O–H groups in total. The topological polar surface area (TPSA) is 40.5 Å². The lowest BCUT2D eigenvalue weighted by Crippen LogP contribution is -2.33. The van der Waals surface area contributed by atoms with Gasteiger partial charge in [0.05, 0.1) is 6.61 Å². The Morgan fingerprint density at radius 2 is 2.00 bits per heavy atom. The number of ketones is 1. The summed E-state index contributed by atoms with van der Waals surface area (Å²) in [6.07, 6.45) is 0.368. The summed E-state index contributed by atoms with van der Waals surface area (Å²) in [7, 11) is 1.86. The van der Waals surface area contributed by atoms with Gasteiger partial charge < -0.3 is 10.0 Å². The molecule has 0 aromatic heterocycles. The molecular formula is C13H18FNO2. The van der Waals surface area contributed by atoms with Crippen molar-refractivity contribution in [2.24, 2.45) is 0 Å². The number of hydrogen-bond acceptors (Lipinski definition) is 3. The molecule has 0 aliphatic carbocycles. The fourth-order valence-electron chi connectivity index (χ4n) is 1.42. The number of nitrogens with zero attached hydrogens (tertiary/aromatic N) is 1. The van der Waals surface area contributed by atoms with E-state index in [0.29, 0.717) is 18.5 Å². The molecule has 0 radical (unpaired) electrons. The van der Waals surface area contributed by atoms with Crippen molar-refractivity contribution in [3.63, 3.8) is 0 Å². The summed E-state index contributed by atoms with van der Waals surface area (Å²) in [4.78, 5) is 13.7. The predicted molar refractivity (Wildman–Crippen MR) is 64.5 cm³/mol. The molecule has 0 fully saturated rings. The smallest absolute Gasteiger partial charge is 0.164 e. The van der Waals surface area contributed by atoms with E-state index in [4.69, 9.17) is 5.11 Å². The largest absolute Gasteiger partial charge is 0.395 e. The zero-order chi connectivity index (χ0) is 12.8. The fraction of sp³-hybridized carbons (Fsp3) is 0.462. The van der Waals surface area contributed by atoms with E-state index in [1.165, 1.54) is 24.3 Å². The number of rotatable bonds is 6. The SMILES string of the molecule is CC(CO)N(C)CCC(=O)c1ccc(F)cc1. The van der Waals surface area contributed by atoms with Crippen LogP contribution in [0.4, 0.5) is 4.39 Å². The van der Waals surface area contributed by atoms with Crippen LogP contribution in [0.1, 0.15) is 23.7 Å². The van der Waals surface area contributed by atoms with Crippen molar-refractivity contribution in [3.8, 4) is 0 Å². The second kappa shape index (κ2) is 6.47. The zero-order valence-corrected chi connectivity index (χ0v) is 10.2. The minimum atomic E-state index is -0.340. The van der Waals surface area contributed by atoms with Crippen molar-refractivity contribution < 1.29 is 14.3 Å². The molecule has 0 heterocycles. The van der Waals surface area contributed by atoms with E-state index in [9.17, 15) is 9.18 Å². The summed E-state index contributed by atoms with van der Waals surface area (Å²) >= 11 is 0. The average Bonchev–Trinajstić information content (AvgIpc) is 2.35. The number of benzene rings is 1. The maximum Gasteiger partial charge on any atom is 0.164 e. The first-order valence-electron chi connectivity index (χ1n) is 5.64. The minimum absolute atomic E-state index is 0.0120. The third-order valence-electron chi connectivity index (χ3n) is 2.87. The van der Waals surface area contributed by atoms with Crippen molar-refractivity contribution >= 4 is 5.78 Å². The van der Waals surface area contributed by atoms with Crippen LogP contribution in [0, 0.1) is 5.82 Å². The van der Waals surface area contributed by atoms with Gasteiger partial charge in [-0.15, -0.1) is 0 Å². The Bertz CT molecular complexity index is 364. The summed E-state index contributed by atoms with van der Waals surface area (Å²) < 4.78 is 12.7. The van der Waals surface area contributed by atoms with E-state index in [1.54, 1.807) is 0 Å². The molecule has 0 spiro atoms. The van der Waals surface area contributed by atoms with Gasteiger partial charge in [-0.3, -0.25) is 4.79 Å². The molecule has 3 nitrogen and oxygen atoms in total. The molecule has 1 rings (SSSR count). The summed E-state index contributed by atoms with van der Waals surface area (Å²) in [5, 5.41) is 8.95. The number of halogens is 1. The number of likely N-dealkylation sites (N-methyl/N-ethyl adjacent to an activating group) is 1. The van der Waals surface area contributed by atoms with Gasteiger partial charge in [0.15, 0.2) is 5.78 Å². The van der Waals surface area contributed by atoms with E-state index in [0.717, 1.165) is 0 Å². The molecule has 0 saturated heterocycles. The average molecular weight is 239 g/mol. The van der Waals surface area contributed by atoms with Crippen molar-refractivity contribution in [2.75, 3.05) is 20.2 Å². The van der Waals surface area contributed by atoms with Crippen molar-refractivity contribution in [1.29, 1.82) is 0 Å². The Morgan fingerprint density at radius 3 is 2.53 bits per heavy atom. The van der Waals surface area contributed by atoms with Gasteiger partial charge in [-0.05, 0) is 38.2 Å². The summed E-state index contributed by atoms with van der Waals surface area (Å²) in [5.74, 6) is -0.352. The van der Waals surface area contributed by atoms with Crippen LogP contribution in [-0.4, -0.2) is 42.0 Å². The van der Waals surface area contributed by atoms with Crippen LogP contribution >= 0.6 is 0 Å². The lowest BCUT2D eigenvalue weighted by atomic mass is 10.1. The van der Waals surface area contributed by atoms with Gasteiger partial charge in [0.2, 0.25) is 0 Å². The van der Waals surface area contributed by atoms with Crippen LogP contribution in [0.2, 0.25) is 0 Å². The first-order valence-corrected chi connectivity index (χ1v) is 5.64. The Balaban J connectivity index is 2.47. The van der Waals surface area contributed by atoms with Gasteiger partial charge in [-0.2, -0.15) is 0 Å². The van der Waals surface area contributed by atoms with Gasteiger partial charge in [0, 0.05) is 24.6 Å². The van der Waals surface area contributed by atoms with Crippen LogP contribution < -0.4 is 0 Å². The second-order valence-corrected chi connectivity index (χ2v) is 4.19. The monoisotopic (exact) mass is 239 g/mol. The Labute approximate surface area is 101 Å². The standard InChI is InChI=1S/C13H18FNO2/c1-10(9-16)15(2)8-7-13(17)11-3-5-12(14)6-4-11/h3-6,10,16H,7-9H2,1-2H3. The molecule has 4 heteroatoms. The molecule has 0 amide bonds.